The standard InChI is InChI=1S/C31H40FN5O2/c1-35-13-15-36(16-14-35)23-3-2-4-24(17-23)37(27(38)30-18-31(32,19-30)20-30)21-28-7-10-29(11-8-28,12-9-28)26-33-25(34-39-26)22-5-6-22/h2-4,17,22H,5-16,18-21H2,1H3. The van der Waals surface area contributed by atoms with E-state index in [1.807, 2.05) is 0 Å². The lowest BCUT2D eigenvalue weighted by atomic mass is 9.41. The van der Waals surface area contributed by atoms with E-state index in [9.17, 15) is 9.18 Å². The fourth-order valence-corrected chi connectivity index (χ4v) is 8.49. The second-order valence-corrected chi connectivity index (χ2v) is 14.2. The third kappa shape index (κ3) is 3.87. The fraction of sp³-hybridized carbons (Fsp3) is 0.710. The molecule has 1 aromatic carbocycles. The van der Waals surface area contributed by atoms with Gasteiger partial charge in [-0.25, -0.2) is 4.39 Å². The van der Waals surface area contributed by atoms with Crippen molar-refractivity contribution >= 4 is 17.3 Å². The van der Waals surface area contributed by atoms with Crippen LogP contribution in [0, 0.1) is 10.8 Å². The monoisotopic (exact) mass is 533 g/mol. The lowest BCUT2D eigenvalue weighted by Crippen LogP contribution is -2.71. The minimum Gasteiger partial charge on any atom is -0.369 e. The summed E-state index contributed by atoms with van der Waals surface area (Å²) in [6.07, 6.45) is 9.91. The largest absolute Gasteiger partial charge is 0.369 e. The molecule has 8 heteroatoms. The van der Waals surface area contributed by atoms with Crippen molar-refractivity contribution in [1.29, 1.82) is 0 Å². The summed E-state index contributed by atoms with van der Waals surface area (Å²) in [4.78, 5) is 25.9. The van der Waals surface area contributed by atoms with Crippen molar-refractivity contribution in [3.63, 3.8) is 0 Å². The van der Waals surface area contributed by atoms with E-state index in [1.54, 1.807) is 0 Å². The maximum atomic E-state index is 14.5. The molecule has 10 rings (SSSR count). The number of piperazine rings is 1. The van der Waals surface area contributed by atoms with Crippen molar-refractivity contribution in [3.8, 4) is 0 Å². The Morgan fingerprint density at radius 2 is 1.74 bits per heavy atom. The number of likely N-dealkylation sites (N-methyl/N-ethyl adjacent to an activating group) is 1. The summed E-state index contributed by atoms with van der Waals surface area (Å²) >= 11 is 0. The summed E-state index contributed by atoms with van der Waals surface area (Å²) in [6, 6.07) is 8.57. The average Bonchev–Trinajstić information content (AvgIpc) is 3.66. The number of carbonyl (C=O) groups excluding carboxylic acids is 1. The van der Waals surface area contributed by atoms with Crippen molar-refractivity contribution in [3.05, 3.63) is 36.0 Å². The van der Waals surface area contributed by atoms with Crippen LogP contribution in [0.15, 0.2) is 28.8 Å². The van der Waals surface area contributed by atoms with Gasteiger partial charge in [0.25, 0.3) is 0 Å². The Balaban J connectivity index is 1.05. The van der Waals surface area contributed by atoms with Crippen LogP contribution in [0.2, 0.25) is 0 Å². The zero-order chi connectivity index (χ0) is 26.5. The van der Waals surface area contributed by atoms with Crippen molar-refractivity contribution in [2.45, 2.75) is 87.6 Å². The third-order valence-electron chi connectivity index (χ3n) is 11.4. The Morgan fingerprint density at radius 3 is 2.38 bits per heavy atom. The van der Waals surface area contributed by atoms with Crippen molar-refractivity contribution in [1.82, 2.24) is 15.0 Å². The van der Waals surface area contributed by atoms with Crippen LogP contribution < -0.4 is 9.80 Å². The first-order valence-electron chi connectivity index (χ1n) is 15.2. The lowest BCUT2D eigenvalue weighted by Gasteiger charge is -2.65. The number of alkyl halides is 1. The van der Waals surface area contributed by atoms with Crippen molar-refractivity contribution in [2.24, 2.45) is 10.8 Å². The fourth-order valence-electron chi connectivity index (χ4n) is 8.49. The van der Waals surface area contributed by atoms with Gasteiger partial charge in [-0.05, 0) is 101 Å². The minimum atomic E-state index is -1.08. The maximum Gasteiger partial charge on any atom is 0.233 e. The van der Waals surface area contributed by atoms with Crippen LogP contribution in [0.3, 0.4) is 0 Å². The number of amides is 1. The first kappa shape index (κ1) is 24.3. The molecule has 0 spiro atoms. The molecule has 8 fully saturated rings. The molecular weight excluding hydrogens is 493 g/mol. The number of aromatic nitrogens is 2. The SMILES string of the molecule is CN1CCN(c2cccc(N(CC34CCC(c5nc(C6CC6)no5)(CC3)CC4)C(=O)C34CC(F)(C3)C4)c2)CC1. The van der Waals surface area contributed by atoms with E-state index >= 15 is 0 Å². The van der Waals surface area contributed by atoms with Gasteiger partial charge in [-0.3, -0.25) is 4.79 Å². The van der Waals surface area contributed by atoms with Crippen LogP contribution in [0.4, 0.5) is 15.8 Å². The predicted molar refractivity (Wildman–Crippen MR) is 147 cm³/mol. The van der Waals surface area contributed by atoms with Crippen molar-refractivity contribution in [2.75, 3.05) is 49.6 Å². The summed E-state index contributed by atoms with van der Waals surface area (Å²) in [7, 11) is 2.17. The van der Waals surface area contributed by atoms with E-state index in [-0.39, 0.29) is 16.7 Å². The van der Waals surface area contributed by atoms with Gasteiger partial charge in [-0.1, -0.05) is 11.2 Å². The minimum absolute atomic E-state index is 0.00648. The number of hydrogen-bond donors (Lipinski definition) is 0. The molecule has 7 saturated carbocycles. The van der Waals surface area contributed by atoms with Gasteiger partial charge < -0.3 is 19.2 Å². The Labute approximate surface area is 230 Å². The lowest BCUT2D eigenvalue weighted by molar-refractivity contribution is -0.211. The van der Waals surface area contributed by atoms with Gasteiger partial charge >= 0.3 is 0 Å². The molecule has 1 aliphatic heterocycles. The van der Waals surface area contributed by atoms with Crippen molar-refractivity contribution < 1.29 is 13.7 Å². The first-order valence-corrected chi connectivity index (χ1v) is 15.2. The summed E-state index contributed by atoms with van der Waals surface area (Å²) < 4.78 is 20.4. The van der Waals surface area contributed by atoms with E-state index in [1.165, 1.54) is 18.5 Å². The van der Waals surface area contributed by atoms with Crippen LogP contribution in [-0.2, 0) is 10.2 Å². The van der Waals surface area contributed by atoms with Crippen LogP contribution in [0.1, 0.15) is 88.3 Å². The molecule has 39 heavy (non-hydrogen) atoms. The van der Waals surface area contributed by atoms with Gasteiger partial charge in [0, 0.05) is 55.4 Å². The Morgan fingerprint density at radius 1 is 1.05 bits per heavy atom. The van der Waals surface area contributed by atoms with E-state index in [0.717, 1.165) is 88.7 Å². The predicted octanol–water partition coefficient (Wildman–Crippen LogP) is 5.22. The number of benzene rings is 1. The molecule has 1 aromatic heterocycles. The van der Waals surface area contributed by atoms with Gasteiger partial charge in [0.2, 0.25) is 11.8 Å². The molecular formula is C31H40FN5O2. The molecule has 0 unspecified atom stereocenters. The molecule has 2 aromatic rings. The molecule has 1 amide bonds. The molecule has 4 bridgehead atoms. The number of halogens is 1. The molecule has 208 valence electrons. The molecule has 0 radical (unpaired) electrons. The van der Waals surface area contributed by atoms with Gasteiger partial charge in [0.15, 0.2) is 5.82 Å². The Kier molecular flexibility index (Phi) is 5.16. The van der Waals surface area contributed by atoms with E-state index in [4.69, 9.17) is 9.51 Å². The Bertz CT molecular complexity index is 1250. The van der Waals surface area contributed by atoms with Gasteiger partial charge in [-0.2, -0.15) is 4.98 Å². The number of carbonyl (C=O) groups is 1. The second-order valence-electron chi connectivity index (χ2n) is 14.2. The zero-order valence-corrected chi connectivity index (χ0v) is 23.1. The quantitative estimate of drug-likeness (QED) is 0.487. The number of fused-ring (bicyclic) bond motifs is 3. The van der Waals surface area contributed by atoms with Crippen LogP contribution in [0.5, 0.6) is 0 Å². The number of nitrogens with zero attached hydrogens (tertiary/aromatic N) is 5. The van der Waals surface area contributed by atoms with Gasteiger partial charge in [-0.15, -0.1) is 0 Å². The van der Waals surface area contributed by atoms with Gasteiger partial charge in [0.05, 0.1) is 5.41 Å². The Hall–Kier alpha value is -2.48. The topological polar surface area (TPSA) is 65.7 Å². The number of hydrogen-bond acceptors (Lipinski definition) is 6. The van der Waals surface area contributed by atoms with Gasteiger partial charge in [0.1, 0.15) is 5.67 Å². The third-order valence-corrected chi connectivity index (χ3v) is 11.4. The van der Waals surface area contributed by atoms with Crippen LogP contribution in [-0.4, -0.2) is 66.4 Å². The van der Waals surface area contributed by atoms with E-state index in [0.29, 0.717) is 25.2 Å². The maximum absolute atomic E-state index is 14.5. The highest BCUT2D eigenvalue weighted by Gasteiger charge is 2.73. The zero-order valence-electron chi connectivity index (χ0n) is 23.1. The number of anilines is 2. The molecule has 7 aliphatic carbocycles. The number of rotatable bonds is 7. The van der Waals surface area contributed by atoms with Crippen LogP contribution in [0.25, 0.3) is 0 Å². The molecule has 0 N–H and O–H groups in total. The summed E-state index contributed by atoms with van der Waals surface area (Å²) in [6.45, 7) is 4.80. The summed E-state index contributed by atoms with van der Waals surface area (Å²) in [5, 5.41) is 4.32. The highest BCUT2D eigenvalue weighted by molar-refractivity contribution is 6.00. The van der Waals surface area contributed by atoms with Crippen LogP contribution >= 0.6 is 0 Å². The first-order chi connectivity index (χ1) is 18.8. The highest BCUT2D eigenvalue weighted by atomic mass is 19.1. The second kappa shape index (κ2) is 8.27. The molecule has 2 heterocycles. The van der Waals surface area contributed by atoms with E-state index in [2.05, 4.69) is 51.2 Å². The highest BCUT2D eigenvalue weighted by Crippen LogP contribution is 2.70. The average molecular weight is 534 g/mol. The smallest absolute Gasteiger partial charge is 0.233 e. The molecule has 0 atom stereocenters. The summed E-state index contributed by atoms with van der Waals surface area (Å²) in [5.41, 5.74) is 0.705. The molecule has 1 saturated heterocycles. The molecule has 7 nitrogen and oxygen atoms in total. The normalized spacial score (nSPS) is 37.3. The van der Waals surface area contributed by atoms with E-state index < -0.39 is 11.1 Å². The molecule has 8 aliphatic rings. The summed E-state index contributed by atoms with van der Waals surface area (Å²) in [5.74, 6) is 2.42.